The number of carbonyl (C=O) groups excluding carboxylic acids is 1. The van der Waals surface area contributed by atoms with Gasteiger partial charge in [0.2, 0.25) is 0 Å². The van der Waals surface area contributed by atoms with Crippen LogP contribution in [0.15, 0.2) is 18.3 Å². The number of aldehydes is 1. The lowest BCUT2D eigenvalue weighted by atomic mass is 10.1. The van der Waals surface area contributed by atoms with Crippen LogP contribution in [0.4, 0.5) is 0 Å². The second kappa shape index (κ2) is 4.00. The molecular weight excluding hydrogens is 150 g/mol. The first-order valence-corrected chi connectivity index (χ1v) is 4.12. The van der Waals surface area contributed by atoms with Gasteiger partial charge in [-0.25, -0.2) is 0 Å². The Morgan fingerprint density at radius 3 is 2.67 bits per heavy atom. The standard InChI is InChI=1S/C10H13NO/c1-8(2)5-10-4-3-9(7-12)6-11-10/h3-4,6-8H,5H2,1-2H3. The van der Waals surface area contributed by atoms with Crippen LogP contribution < -0.4 is 0 Å². The van der Waals surface area contributed by atoms with Crippen LogP contribution in [0.5, 0.6) is 0 Å². The summed E-state index contributed by atoms with van der Waals surface area (Å²) >= 11 is 0. The minimum Gasteiger partial charge on any atom is -0.298 e. The minimum atomic E-state index is 0.611. The molecule has 0 atom stereocenters. The second-order valence-corrected chi connectivity index (χ2v) is 3.30. The van der Waals surface area contributed by atoms with E-state index in [-0.39, 0.29) is 0 Å². The quantitative estimate of drug-likeness (QED) is 0.639. The molecule has 0 aromatic carbocycles. The SMILES string of the molecule is CC(C)Cc1ccc(C=O)cn1. The molecule has 0 bridgehead atoms. The van der Waals surface area contributed by atoms with Gasteiger partial charge in [0, 0.05) is 17.5 Å². The Kier molecular flexibility index (Phi) is 2.97. The minimum absolute atomic E-state index is 0.611. The molecule has 0 aliphatic rings. The molecule has 12 heavy (non-hydrogen) atoms. The predicted octanol–water partition coefficient (Wildman–Crippen LogP) is 2.09. The lowest BCUT2D eigenvalue weighted by Gasteiger charge is -2.02. The van der Waals surface area contributed by atoms with Crippen LogP contribution >= 0.6 is 0 Å². The van der Waals surface area contributed by atoms with Crippen molar-refractivity contribution in [2.24, 2.45) is 5.92 Å². The average Bonchev–Trinajstić information content (AvgIpc) is 2.05. The highest BCUT2D eigenvalue weighted by Gasteiger charge is 1.98. The van der Waals surface area contributed by atoms with E-state index < -0.39 is 0 Å². The van der Waals surface area contributed by atoms with Crippen molar-refractivity contribution < 1.29 is 4.79 Å². The van der Waals surface area contributed by atoms with E-state index in [1.54, 1.807) is 12.3 Å². The maximum absolute atomic E-state index is 10.3. The lowest BCUT2D eigenvalue weighted by Crippen LogP contribution is -1.97. The zero-order valence-electron chi connectivity index (χ0n) is 7.45. The van der Waals surface area contributed by atoms with Gasteiger partial charge in [0.1, 0.15) is 0 Å². The Morgan fingerprint density at radius 1 is 1.50 bits per heavy atom. The zero-order chi connectivity index (χ0) is 8.97. The number of hydrogen-bond donors (Lipinski definition) is 0. The van der Waals surface area contributed by atoms with Gasteiger partial charge in [0.15, 0.2) is 6.29 Å². The van der Waals surface area contributed by atoms with Crippen molar-refractivity contribution in [1.29, 1.82) is 0 Å². The van der Waals surface area contributed by atoms with Crippen molar-refractivity contribution in [3.8, 4) is 0 Å². The van der Waals surface area contributed by atoms with Gasteiger partial charge in [-0.1, -0.05) is 13.8 Å². The first-order chi connectivity index (χ1) is 5.72. The van der Waals surface area contributed by atoms with E-state index in [1.165, 1.54) is 0 Å². The second-order valence-electron chi connectivity index (χ2n) is 3.30. The molecule has 1 aromatic rings. The van der Waals surface area contributed by atoms with Crippen LogP contribution in [-0.2, 0) is 6.42 Å². The third-order valence-corrected chi connectivity index (χ3v) is 1.60. The van der Waals surface area contributed by atoms with Gasteiger partial charge in [-0.3, -0.25) is 9.78 Å². The van der Waals surface area contributed by atoms with E-state index in [9.17, 15) is 4.79 Å². The maximum atomic E-state index is 10.3. The summed E-state index contributed by atoms with van der Waals surface area (Å²) < 4.78 is 0. The molecule has 2 heteroatoms. The Morgan fingerprint density at radius 2 is 2.25 bits per heavy atom. The van der Waals surface area contributed by atoms with E-state index in [2.05, 4.69) is 18.8 Å². The summed E-state index contributed by atoms with van der Waals surface area (Å²) in [5.41, 5.74) is 1.69. The Labute approximate surface area is 72.6 Å². The molecule has 0 unspecified atom stereocenters. The van der Waals surface area contributed by atoms with Crippen molar-refractivity contribution in [1.82, 2.24) is 4.98 Å². The highest BCUT2D eigenvalue weighted by Crippen LogP contribution is 2.04. The predicted molar refractivity (Wildman–Crippen MR) is 48.2 cm³/mol. The van der Waals surface area contributed by atoms with Crippen LogP contribution in [0.1, 0.15) is 29.9 Å². The van der Waals surface area contributed by atoms with Gasteiger partial charge in [-0.05, 0) is 24.5 Å². The lowest BCUT2D eigenvalue weighted by molar-refractivity contribution is 0.112. The van der Waals surface area contributed by atoms with Crippen LogP contribution in [0.2, 0.25) is 0 Å². The summed E-state index contributed by atoms with van der Waals surface area (Å²) in [4.78, 5) is 14.5. The molecule has 0 aliphatic heterocycles. The van der Waals surface area contributed by atoms with Crippen LogP contribution in [0.25, 0.3) is 0 Å². The molecule has 0 spiro atoms. The number of carbonyl (C=O) groups is 1. The summed E-state index contributed by atoms with van der Waals surface area (Å²) in [5, 5.41) is 0. The molecule has 2 nitrogen and oxygen atoms in total. The number of aromatic nitrogens is 1. The van der Waals surface area contributed by atoms with Gasteiger partial charge in [-0.15, -0.1) is 0 Å². The molecule has 1 rings (SSSR count). The van der Waals surface area contributed by atoms with Crippen LogP contribution in [0.3, 0.4) is 0 Å². The van der Waals surface area contributed by atoms with Crippen molar-refractivity contribution in [3.63, 3.8) is 0 Å². The summed E-state index contributed by atoms with van der Waals surface area (Å²) in [5.74, 6) is 0.611. The number of pyridine rings is 1. The smallest absolute Gasteiger partial charge is 0.151 e. The van der Waals surface area contributed by atoms with Gasteiger partial charge in [-0.2, -0.15) is 0 Å². The molecule has 0 radical (unpaired) electrons. The summed E-state index contributed by atoms with van der Waals surface area (Å²) in [6.07, 6.45) is 3.40. The topological polar surface area (TPSA) is 30.0 Å². The first kappa shape index (κ1) is 8.91. The van der Waals surface area contributed by atoms with E-state index in [0.29, 0.717) is 11.5 Å². The number of hydrogen-bond acceptors (Lipinski definition) is 2. The van der Waals surface area contributed by atoms with Crippen LogP contribution in [0, 0.1) is 5.92 Å². The normalized spacial score (nSPS) is 10.2. The Balaban J connectivity index is 2.71. The zero-order valence-corrected chi connectivity index (χ0v) is 7.45. The molecule has 0 N–H and O–H groups in total. The van der Waals surface area contributed by atoms with Crippen molar-refractivity contribution in [2.45, 2.75) is 20.3 Å². The molecule has 0 saturated heterocycles. The fraction of sp³-hybridized carbons (Fsp3) is 0.400. The highest BCUT2D eigenvalue weighted by atomic mass is 16.1. The summed E-state index contributed by atoms with van der Waals surface area (Å²) in [6, 6.07) is 3.71. The molecule has 0 aliphatic carbocycles. The first-order valence-electron chi connectivity index (χ1n) is 4.12. The van der Waals surface area contributed by atoms with Crippen LogP contribution in [-0.4, -0.2) is 11.3 Å². The Bertz CT molecular complexity index is 251. The van der Waals surface area contributed by atoms with Gasteiger partial charge >= 0.3 is 0 Å². The van der Waals surface area contributed by atoms with E-state index in [1.807, 2.05) is 6.07 Å². The molecule has 0 saturated carbocycles. The highest BCUT2D eigenvalue weighted by molar-refractivity contribution is 5.73. The molecule has 1 aromatic heterocycles. The monoisotopic (exact) mass is 163 g/mol. The van der Waals surface area contributed by atoms with Crippen molar-refractivity contribution in [3.05, 3.63) is 29.6 Å². The molecule has 64 valence electrons. The van der Waals surface area contributed by atoms with Gasteiger partial charge in [0.25, 0.3) is 0 Å². The van der Waals surface area contributed by atoms with E-state index in [4.69, 9.17) is 0 Å². The third kappa shape index (κ3) is 2.46. The summed E-state index contributed by atoms with van der Waals surface area (Å²) in [6.45, 7) is 4.30. The fourth-order valence-electron chi connectivity index (χ4n) is 1.04. The summed E-state index contributed by atoms with van der Waals surface area (Å²) in [7, 11) is 0. The number of nitrogens with zero attached hydrogens (tertiary/aromatic N) is 1. The third-order valence-electron chi connectivity index (χ3n) is 1.60. The van der Waals surface area contributed by atoms with Gasteiger partial charge in [0.05, 0.1) is 0 Å². The molecule has 0 amide bonds. The molecule has 0 fully saturated rings. The maximum Gasteiger partial charge on any atom is 0.151 e. The molecule has 1 heterocycles. The number of rotatable bonds is 3. The largest absolute Gasteiger partial charge is 0.298 e. The van der Waals surface area contributed by atoms with Crippen molar-refractivity contribution >= 4 is 6.29 Å². The van der Waals surface area contributed by atoms with E-state index in [0.717, 1.165) is 18.4 Å². The Hall–Kier alpha value is -1.18. The van der Waals surface area contributed by atoms with E-state index >= 15 is 0 Å². The average molecular weight is 163 g/mol. The molecular formula is C10H13NO. The van der Waals surface area contributed by atoms with Crippen molar-refractivity contribution in [2.75, 3.05) is 0 Å². The van der Waals surface area contributed by atoms with Gasteiger partial charge < -0.3 is 0 Å². The fourth-order valence-corrected chi connectivity index (χ4v) is 1.04.